The fourth-order valence-corrected chi connectivity index (χ4v) is 3.01. The zero-order valence-electron chi connectivity index (χ0n) is 11.6. The molecule has 1 aliphatic rings. The number of nitrogens with two attached hydrogens (primary N) is 1. The zero-order valence-corrected chi connectivity index (χ0v) is 12.4. The van der Waals surface area contributed by atoms with Gasteiger partial charge < -0.3 is 15.2 Å². The Morgan fingerprint density at radius 1 is 1.47 bits per heavy atom. The molecular weight excluding hydrogens is 262 g/mol. The van der Waals surface area contributed by atoms with Gasteiger partial charge in [0.1, 0.15) is 5.75 Å². The summed E-state index contributed by atoms with van der Waals surface area (Å²) in [5.41, 5.74) is 6.71. The van der Waals surface area contributed by atoms with Crippen molar-refractivity contribution in [2.45, 2.75) is 38.4 Å². The number of methoxy groups -OCH3 is 1. The molecule has 106 valence electrons. The molecule has 4 heteroatoms. The van der Waals surface area contributed by atoms with Gasteiger partial charge in [0.2, 0.25) is 0 Å². The SMILES string of the molecule is COc1ccc(Cl)cc1COC1(CN)CCC(C)C1. The van der Waals surface area contributed by atoms with Crippen LogP contribution in [0.15, 0.2) is 18.2 Å². The first-order valence-corrected chi connectivity index (χ1v) is 7.13. The summed E-state index contributed by atoms with van der Waals surface area (Å²) in [5.74, 6) is 1.49. The van der Waals surface area contributed by atoms with E-state index in [4.69, 9.17) is 26.8 Å². The summed E-state index contributed by atoms with van der Waals surface area (Å²) in [6.45, 7) is 3.31. The highest BCUT2D eigenvalue weighted by Gasteiger charge is 2.37. The van der Waals surface area contributed by atoms with E-state index in [9.17, 15) is 0 Å². The lowest BCUT2D eigenvalue weighted by Gasteiger charge is -2.28. The minimum Gasteiger partial charge on any atom is -0.496 e. The third-order valence-corrected chi connectivity index (χ3v) is 4.20. The minimum absolute atomic E-state index is 0.174. The lowest BCUT2D eigenvalue weighted by Crippen LogP contribution is -2.38. The van der Waals surface area contributed by atoms with Crippen LogP contribution >= 0.6 is 11.6 Å². The van der Waals surface area contributed by atoms with Gasteiger partial charge in [-0.1, -0.05) is 18.5 Å². The molecule has 0 aliphatic heterocycles. The highest BCUT2D eigenvalue weighted by molar-refractivity contribution is 6.30. The number of benzene rings is 1. The number of hydrogen-bond acceptors (Lipinski definition) is 3. The van der Waals surface area contributed by atoms with Crippen molar-refractivity contribution in [1.29, 1.82) is 0 Å². The number of rotatable bonds is 5. The van der Waals surface area contributed by atoms with Crippen molar-refractivity contribution in [3.63, 3.8) is 0 Å². The van der Waals surface area contributed by atoms with Gasteiger partial charge >= 0.3 is 0 Å². The first-order valence-electron chi connectivity index (χ1n) is 6.75. The molecule has 1 aromatic rings. The molecule has 1 fully saturated rings. The second-order valence-corrected chi connectivity index (χ2v) is 5.92. The van der Waals surface area contributed by atoms with E-state index in [0.717, 1.165) is 24.2 Å². The molecule has 0 heterocycles. The molecule has 1 aromatic carbocycles. The molecule has 2 N–H and O–H groups in total. The van der Waals surface area contributed by atoms with Crippen molar-refractivity contribution in [1.82, 2.24) is 0 Å². The fraction of sp³-hybridized carbons (Fsp3) is 0.600. The van der Waals surface area contributed by atoms with E-state index in [1.807, 2.05) is 18.2 Å². The Labute approximate surface area is 120 Å². The van der Waals surface area contributed by atoms with Gasteiger partial charge in [-0.15, -0.1) is 0 Å². The van der Waals surface area contributed by atoms with Crippen molar-refractivity contribution < 1.29 is 9.47 Å². The maximum atomic E-state index is 6.13. The highest BCUT2D eigenvalue weighted by Crippen LogP contribution is 2.37. The van der Waals surface area contributed by atoms with E-state index in [-0.39, 0.29) is 5.60 Å². The van der Waals surface area contributed by atoms with Crippen molar-refractivity contribution in [2.24, 2.45) is 11.7 Å². The molecule has 1 aliphatic carbocycles. The Bertz CT molecular complexity index is 438. The van der Waals surface area contributed by atoms with Crippen LogP contribution in [0.25, 0.3) is 0 Å². The fourth-order valence-electron chi connectivity index (χ4n) is 2.81. The Balaban J connectivity index is 2.07. The van der Waals surface area contributed by atoms with E-state index >= 15 is 0 Å². The summed E-state index contributed by atoms with van der Waals surface area (Å²) in [5, 5.41) is 0.695. The van der Waals surface area contributed by atoms with E-state index < -0.39 is 0 Å². The summed E-state index contributed by atoms with van der Waals surface area (Å²) in [6, 6.07) is 5.58. The van der Waals surface area contributed by atoms with Crippen molar-refractivity contribution in [3.8, 4) is 5.75 Å². The average molecular weight is 284 g/mol. The maximum absolute atomic E-state index is 6.13. The Morgan fingerprint density at radius 2 is 2.26 bits per heavy atom. The summed E-state index contributed by atoms with van der Waals surface area (Å²) >= 11 is 6.03. The van der Waals surface area contributed by atoms with Crippen molar-refractivity contribution in [3.05, 3.63) is 28.8 Å². The number of ether oxygens (including phenoxy) is 2. The van der Waals surface area contributed by atoms with Crippen LogP contribution in [-0.4, -0.2) is 19.3 Å². The van der Waals surface area contributed by atoms with Crippen LogP contribution in [0.4, 0.5) is 0 Å². The van der Waals surface area contributed by atoms with E-state index in [0.29, 0.717) is 24.1 Å². The number of halogens is 1. The van der Waals surface area contributed by atoms with Crippen LogP contribution in [0.3, 0.4) is 0 Å². The molecule has 0 spiro atoms. The molecule has 2 atom stereocenters. The topological polar surface area (TPSA) is 44.5 Å². The van der Waals surface area contributed by atoms with Crippen LogP contribution in [-0.2, 0) is 11.3 Å². The van der Waals surface area contributed by atoms with Crippen molar-refractivity contribution in [2.75, 3.05) is 13.7 Å². The van der Waals surface area contributed by atoms with Crippen LogP contribution in [0.2, 0.25) is 5.02 Å². The van der Waals surface area contributed by atoms with Gasteiger partial charge in [-0.3, -0.25) is 0 Å². The third-order valence-electron chi connectivity index (χ3n) is 3.96. The second-order valence-electron chi connectivity index (χ2n) is 5.48. The van der Waals surface area contributed by atoms with Crippen LogP contribution in [0, 0.1) is 5.92 Å². The van der Waals surface area contributed by atoms with Gasteiger partial charge in [0, 0.05) is 17.1 Å². The Hall–Kier alpha value is -0.770. The molecule has 2 unspecified atom stereocenters. The average Bonchev–Trinajstić information content (AvgIpc) is 2.79. The van der Waals surface area contributed by atoms with E-state index in [1.54, 1.807) is 7.11 Å². The minimum atomic E-state index is -0.174. The van der Waals surface area contributed by atoms with Gasteiger partial charge in [-0.2, -0.15) is 0 Å². The zero-order chi connectivity index (χ0) is 13.9. The Kier molecular flexibility index (Phi) is 4.71. The molecule has 19 heavy (non-hydrogen) atoms. The van der Waals surface area contributed by atoms with Crippen LogP contribution in [0.1, 0.15) is 31.7 Å². The van der Waals surface area contributed by atoms with Gasteiger partial charge in [0.05, 0.1) is 19.3 Å². The second kappa shape index (κ2) is 6.12. The summed E-state index contributed by atoms with van der Waals surface area (Å²) in [7, 11) is 1.66. The van der Waals surface area contributed by atoms with Crippen LogP contribution in [0.5, 0.6) is 5.75 Å². The highest BCUT2D eigenvalue weighted by atomic mass is 35.5. The van der Waals surface area contributed by atoms with Gasteiger partial charge in [-0.25, -0.2) is 0 Å². The first-order chi connectivity index (χ1) is 9.08. The largest absolute Gasteiger partial charge is 0.496 e. The standard InChI is InChI=1S/C15H22ClNO2/c1-11-5-6-15(8-11,10-17)19-9-12-7-13(16)3-4-14(12)18-2/h3-4,7,11H,5-6,8-10,17H2,1-2H3. The predicted octanol–water partition coefficient (Wildman–Crippen LogP) is 3.38. The quantitative estimate of drug-likeness (QED) is 0.901. The summed E-state index contributed by atoms with van der Waals surface area (Å²) in [6.07, 6.45) is 3.25. The number of hydrogen-bond donors (Lipinski definition) is 1. The summed E-state index contributed by atoms with van der Waals surface area (Å²) < 4.78 is 11.5. The maximum Gasteiger partial charge on any atom is 0.124 e. The van der Waals surface area contributed by atoms with Gasteiger partial charge in [-0.05, 0) is 43.4 Å². The lowest BCUT2D eigenvalue weighted by molar-refractivity contribution is -0.0476. The first kappa shape index (κ1) is 14.6. The molecule has 2 rings (SSSR count). The van der Waals surface area contributed by atoms with E-state index in [2.05, 4.69) is 6.92 Å². The van der Waals surface area contributed by atoms with Gasteiger partial charge in [0.25, 0.3) is 0 Å². The van der Waals surface area contributed by atoms with Crippen molar-refractivity contribution >= 4 is 11.6 Å². The molecule has 1 saturated carbocycles. The molecule has 0 bridgehead atoms. The normalized spacial score (nSPS) is 26.6. The molecule has 0 amide bonds. The van der Waals surface area contributed by atoms with Crippen LogP contribution < -0.4 is 10.5 Å². The smallest absolute Gasteiger partial charge is 0.124 e. The monoisotopic (exact) mass is 283 g/mol. The molecule has 0 radical (unpaired) electrons. The molecule has 0 aromatic heterocycles. The summed E-state index contributed by atoms with van der Waals surface area (Å²) in [4.78, 5) is 0. The molecule has 3 nitrogen and oxygen atoms in total. The molecular formula is C15H22ClNO2. The Morgan fingerprint density at radius 3 is 2.84 bits per heavy atom. The predicted molar refractivity (Wildman–Crippen MR) is 77.6 cm³/mol. The lowest BCUT2D eigenvalue weighted by atomic mass is 10.0. The van der Waals surface area contributed by atoms with Gasteiger partial charge in [0.15, 0.2) is 0 Å². The van der Waals surface area contributed by atoms with E-state index in [1.165, 1.54) is 6.42 Å². The third kappa shape index (κ3) is 3.41. The molecule has 0 saturated heterocycles.